The summed E-state index contributed by atoms with van der Waals surface area (Å²) in [4.78, 5) is 26.8. The lowest BCUT2D eigenvalue weighted by atomic mass is 10.0. The maximum Gasteiger partial charge on any atom is 0.272 e. The third kappa shape index (κ3) is 7.09. The van der Waals surface area contributed by atoms with Gasteiger partial charge in [-0.1, -0.05) is 62.4 Å². The van der Waals surface area contributed by atoms with Crippen LogP contribution in [0.2, 0.25) is 0 Å². The van der Waals surface area contributed by atoms with E-state index in [0.717, 1.165) is 10.5 Å². The van der Waals surface area contributed by atoms with Crippen molar-refractivity contribution >= 4 is 35.3 Å². The molecule has 0 fully saturated rings. The molecule has 0 bridgehead atoms. The fourth-order valence-corrected chi connectivity index (χ4v) is 3.68. The van der Waals surface area contributed by atoms with Crippen LogP contribution in [0.25, 0.3) is 6.08 Å². The summed E-state index contributed by atoms with van der Waals surface area (Å²) in [6.45, 7) is 4.24. The van der Waals surface area contributed by atoms with Gasteiger partial charge in [0.25, 0.3) is 11.8 Å². The molecular formula is C27H25N3O2S. The zero-order chi connectivity index (χ0) is 23.6. The highest BCUT2D eigenvalue weighted by molar-refractivity contribution is 7.99. The third-order valence-corrected chi connectivity index (χ3v) is 5.70. The number of carbonyl (C=O) groups excluding carboxylic acids is 2. The Labute approximate surface area is 198 Å². The van der Waals surface area contributed by atoms with Gasteiger partial charge in [0.15, 0.2) is 0 Å². The number of nitrogens with one attached hydrogen (secondary N) is 2. The number of benzene rings is 3. The molecule has 0 aliphatic carbocycles. The summed E-state index contributed by atoms with van der Waals surface area (Å²) in [5.41, 5.74) is 3.17. The van der Waals surface area contributed by atoms with Crippen molar-refractivity contribution in [2.45, 2.75) is 24.7 Å². The number of carbonyl (C=O) groups is 2. The number of nitrogens with zero attached hydrogens (tertiary/aromatic N) is 1. The molecule has 0 saturated heterocycles. The van der Waals surface area contributed by atoms with E-state index in [4.69, 9.17) is 5.26 Å². The van der Waals surface area contributed by atoms with E-state index in [1.807, 2.05) is 42.5 Å². The van der Waals surface area contributed by atoms with Crippen LogP contribution >= 0.6 is 11.8 Å². The Hall–Kier alpha value is -3.82. The van der Waals surface area contributed by atoms with Gasteiger partial charge in [-0.05, 0) is 53.5 Å². The van der Waals surface area contributed by atoms with Crippen LogP contribution in [0.4, 0.5) is 5.69 Å². The molecule has 166 valence electrons. The van der Waals surface area contributed by atoms with Gasteiger partial charge in [0, 0.05) is 16.1 Å². The van der Waals surface area contributed by atoms with Crippen molar-refractivity contribution in [3.8, 4) is 6.07 Å². The van der Waals surface area contributed by atoms with E-state index in [1.54, 1.807) is 42.5 Å². The monoisotopic (exact) mass is 455 g/mol. The van der Waals surface area contributed by atoms with E-state index in [0.29, 0.717) is 22.9 Å². The molecule has 0 aliphatic rings. The van der Waals surface area contributed by atoms with E-state index in [9.17, 15) is 9.59 Å². The van der Waals surface area contributed by atoms with Gasteiger partial charge in [-0.3, -0.25) is 9.59 Å². The molecule has 0 unspecified atom stereocenters. The van der Waals surface area contributed by atoms with Crippen LogP contribution < -0.4 is 10.6 Å². The molecule has 6 heteroatoms. The Morgan fingerprint density at radius 2 is 1.73 bits per heavy atom. The minimum Gasteiger partial charge on any atom is -0.321 e. The summed E-state index contributed by atoms with van der Waals surface area (Å²) in [7, 11) is 0. The van der Waals surface area contributed by atoms with Gasteiger partial charge in [0.05, 0.1) is 11.8 Å². The number of hydrogen-bond acceptors (Lipinski definition) is 4. The minimum atomic E-state index is -0.436. The Morgan fingerprint density at radius 1 is 1.00 bits per heavy atom. The summed E-state index contributed by atoms with van der Waals surface area (Å²) in [5, 5.41) is 14.4. The van der Waals surface area contributed by atoms with Crippen LogP contribution in [-0.4, -0.2) is 17.6 Å². The fourth-order valence-electron chi connectivity index (χ4n) is 3.06. The van der Waals surface area contributed by atoms with Gasteiger partial charge in [-0.2, -0.15) is 5.26 Å². The van der Waals surface area contributed by atoms with E-state index in [-0.39, 0.29) is 11.6 Å². The fraction of sp³-hybridized carbons (Fsp3) is 0.148. The molecule has 2 N–H and O–H groups in total. The largest absolute Gasteiger partial charge is 0.321 e. The molecule has 0 aromatic heterocycles. The van der Waals surface area contributed by atoms with Crippen molar-refractivity contribution in [2.24, 2.45) is 0 Å². The van der Waals surface area contributed by atoms with Gasteiger partial charge >= 0.3 is 0 Å². The quantitative estimate of drug-likeness (QED) is 0.330. The molecule has 0 aliphatic heterocycles. The second-order valence-electron chi connectivity index (χ2n) is 7.63. The first-order valence-electron chi connectivity index (χ1n) is 10.6. The van der Waals surface area contributed by atoms with Crippen LogP contribution in [0.3, 0.4) is 0 Å². The van der Waals surface area contributed by atoms with Crippen molar-refractivity contribution in [2.75, 3.05) is 11.1 Å². The first-order chi connectivity index (χ1) is 16.0. The Kier molecular flexibility index (Phi) is 8.45. The Bertz CT molecular complexity index is 1180. The van der Waals surface area contributed by atoms with Crippen LogP contribution in [0.15, 0.2) is 89.5 Å². The lowest BCUT2D eigenvalue weighted by Crippen LogP contribution is -2.30. The van der Waals surface area contributed by atoms with Crippen LogP contribution in [0.1, 0.15) is 41.3 Å². The molecule has 0 atom stereocenters. The standard InChI is InChI=1S/C27H25N3O2S/c1-19(2)21-13-11-20(12-14-21)17-25(30-26(31)22-7-4-3-5-8-22)27(32)29-23-9-6-10-24(18-23)33-16-15-28/h3-14,17-19H,16H2,1-2H3,(H,29,32)(H,30,31)/b25-17+. The maximum absolute atomic E-state index is 13.1. The second-order valence-corrected chi connectivity index (χ2v) is 8.68. The molecule has 33 heavy (non-hydrogen) atoms. The Balaban J connectivity index is 1.86. The predicted octanol–water partition coefficient (Wildman–Crippen LogP) is 5.84. The molecule has 5 nitrogen and oxygen atoms in total. The van der Waals surface area contributed by atoms with Gasteiger partial charge in [0.1, 0.15) is 5.70 Å². The van der Waals surface area contributed by atoms with Crippen LogP contribution in [0.5, 0.6) is 0 Å². The van der Waals surface area contributed by atoms with E-state index < -0.39 is 5.91 Å². The van der Waals surface area contributed by atoms with E-state index in [1.165, 1.54) is 17.3 Å². The van der Waals surface area contributed by atoms with Gasteiger partial charge in [0.2, 0.25) is 0 Å². The van der Waals surface area contributed by atoms with Crippen LogP contribution in [-0.2, 0) is 4.79 Å². The third-order valence-electron chi connectivity index (χ3n) is 4.84. The molecular weight excluding hydrogens is 430 g/mol. The molecule has 0 spiro atoms. The van der Waals surface area contributed by atoms with Gasteiger partial charge in [-0.15, -0.1) is 11.8 Å². The molecule has 3 rings (SSSR count). The zero-order valence-electron chi connectivity index (χ0n) is 18.5. The predicted molar refractivity (Wildman–Crippen MR) is 134 cm³/mol. The molecule has 3 aromatic rings. The van der Waals surface area contributed by atoms with Crippen molar-refractivity contribution in [3.05, 3.63) is 101 Å². The lowest BCUT2D eigenvalue weighted by molar-refractivity contribution is -0.113. The lowest BCUT2D eigenvalue weighted by Gasteiger charge is -2.12. The number of hydrogen-bond donors (Lipinski definition) is 2. The van der Waals surface area contributed by atoms with Crippen molar-refractivity contribution in [1.29, 1.82) is 5.26 Å². The molecule has 0 saturated carbocycles. The zero-order valence-corrected chi connectivity index (χ0v) is 19.4. The number of amides is 2. The summed E-state index contributed by atoms with van der Waals surface area (Å²) in [5.74, 6) is -0.0826. The molecule has 0 heterocycles. The van der Waals surface area contributed by atoms with Crippen molar-refractivity contribution < 1.29 is 9.59 Å². The number of rotatable bonds is 8. The molecule has 2 amide bonds. The topological polar surface area (TPSA) is 82.0 Å². The number of nitriles is 1. The highest BCUT2D eigenvalue weighted by atomic mass is 32.2. The summed E-state index contributed by atoms with van der Waals surface area (Å²) in [6, 6.07) is 26.0. The summed E-state index contributed by atoms with van der Waals surface area (Å²) >= 11 is 1.39. The maximum atomic E-state index is 13.1. The SMILES string of the molecule is CC(C)c1ccc(/C=C(/NC(=O)c2ccccc2)C(=O)Nc2cccc(SCC#N)c2)cc1. The first kappa shape index (κ1) is 23.8. The average molecular weight is 456 g/mol. The Morgan fingerprint density at radius 3 is 2.39 bits per heavy atom. The highest BCUT2D eigenvalue weighted by Gasteiger charge is 2.15. The van der Waals surface area contributed by atoms with Gasteiger partial charge in [-0.25, -0.2) is 0 Å². The smallest absolute Gasteiger partial charge is 0.272 e. The number of thioether (sulfide) groups is 1. The summed E-state index contributed by atoms with van der Waals surface area (Å²) in [6.07, 6.45) is 1.66. The second kappa shape index (κ2) is 11.7. The highest BCUT2D eigenvalue weighted by Crippen LogP contribution is 2.22. The average Bonchev–Trinajstić information content (AvgIpc) is 2.83. The minimum absolute atomic E-state index is 0.135. The van der Waals surface area contributed by atoms with Crippen molar-refractivity contribution in [1.82, 2.24) is 5.32 Å². The first-order valence-corrected chi connectivity index (χ1v) is 11.5. The molecule has 3 aromatic carbocycles. The molecule has 0 radical (unpaired) electrons. The van der Waals surface area contributed by atoms with E-state index >= 15 is 0 Å². The van der Waals surface area contributed by atoms with Crippen molar-refractivity contribution in [3.63, 3.8) is 0 Å². The van der Waals surface area contributed by atoms with Gasteiger partial charge < -0.3 is 10.6 Å². The number of anilines is 1. The van der Waals surface area contributed by atoms with E-state index in [2.05, 4.69) is 30.6 Å². The normalized spacial score (nSPS) is 11.0. The van der Waals surface area contributed by atoms with Crippen LogP contribution in [0, 0.1) is 11.3 Å². The summed E-state index contributed by atoms with van der Waals surface area (Å²) < 4.78 is 0.